The van der Waals surface area contributed by atoms with Gasteiger partial charge in [0.05, 0.1) is 11.6 Å². The molecule has 1 amide bonds. The van der Waals surface area contributed by atoms with E-state index in [0.29, 0.717) is 11.3 Å². The molecule has 8 heteroatoms. The fourth-order valence-corrected chi connectivity index (χ4v) is 4.19. The van der Waals surface area contributed by atoms with E-state index < -0.39 is 5.54 Å². The van der Waals surface area contributed by atoms with Gasteiger partial charge in [0.15, 0.2) is 0 Å². The van der Waals surface area contributed by atoms with Gasteiger partial charge >= 0.3 is 0 Å². The lowest BCUT2D eigenvalue weighted by Crippen LogP contribution is -2.57. The van der Waals surface area contributed by atoms with Gasteiger partial charge in [-0.25, -0.2) is 4.68 Å². The van der Waals surface area contributed by atoms with Crippen LogP contribution in [0.1, 0.15) is 44.6 Å². The monoisotopic (exact) mass is 296 g/mol. The molecule has 2 aliphatic rings. The Balaban J connectivity index is 1.71. The van der Waals surface area contributed by atoms with Crippen molar-refractivity contribution in [2.45, 2.75) is 60.5 Å². The van der Waals surface area contributed by atoms with Crippen LogP contribution in [0.3, 0.4) is 0 Å². The summed E-state index contributed by atoms with van der Waals surface area (Å²) in [4.78, 5) is 11.7. The van der Waals surface area contributed by atoms with Crippen LogP contribution in [-0.2, 0) is 4.79 Å². The van der Waals surface area contributed by atoms with Crippen LogP contribution in [0.4, 0.5) is 0 Å². The predicted octanol–water partition coefficient (Wildman–Crippen LogP) is 0.486. The molecule has 2 unspecified atom stereocenters. The number of carbonyl (C=O) groups excluding carboxylic acids is 1. The minimum Gasteiger partial charge on any atom is -0.368 e. The van der Waals surface area contributed by atoms with E-state index in [2.05, 4.69) is 20.8 Å². The number of thioether (sulfide) groups is 1. The molecule has 0 bridgehead atoms. The SMILES string of the molecule is CNC1(C(N)=O)CCCC(Sc2nnnn2C2CC2)C1. The summed E-state index contributed by atoms with van der Waals surface area (Å²) in [6, 6.07) is 0.473. The average molecular weight is 296 g/mol. The quantitative estimate of drug-likeness (QED) is 0.820. The van der Waals surface area contributed by atoms with Gasteiger partial charge in [-0.3, -0.25) is 4.79 Å². The Morgan fingerprint density at radius 1 is 1.50 bits per heavy atom. The maximum absolute atomic E-state index is 11.7. The van der Waals surface area contributed by atoms with Crippen molar-refractivity contribution in [1.29, 1.82) is 0 Å². The van der Waals surface area contributed by atoms with Gasteiger partial charge in [0.2, 0.25) is 11.1 Å². The summed E-state index contributed by atoms with van der Waals surface area (Å²) in [5.41, 5.74) is 5.00. The molecule has 0 spiro atoms. The molecule has 2 fully saturated rings. The third-order valence-electron chi connectivity index (χ3n) is 4.28. The molecule has 3 N–H and O–H groups in total. The van der Waals surface area contributed by atoms with E-state index >= 15 is 0 Å². The zero-order chi connectivity index (χ0) is 14.2. The van der Waals surface area contributed by atoms with Crippen LogP contribution < -0.4 is 11.1 Å². The smallest absolute Gasteiger partial charge is 0.237 e. The molecule has 2 aliphatic carbocycles. The molecule has 1 heterocycles. The first-order valence-electron chi connectivity index (χ1n) is 7.08. The third kappa shape index (κ3) is 2.54. The van der Waals surface area contributed by atoms with Gasteiger partial charge in [-0.15, -0.1) is 5.10 Å². The number of carbonyl (C=O) groups is 1. The molecular formula is C12H20N6OS. The van der Waals surface area contributed by atoms with Crippen LogP contribution in [0.5, 0.6) is 0 Å². The van der Waals surface area contributed by atoms with Crippen LogP contribution in [0.25, 0.3) is 0 Å². The van der Waals surface area contributed by atoms with Crippen molar-refractivity contribution in [2.75, 3.05) is 7.05 Å². The first-order chi connectivity index (χ1) is 9.64. The average Bonchev–Trinajstić information content (AvgIpc) is 3.19. The Labute approximate surface area is 122 Å². The summed E-state index contributed by atoms with van der Waals surface area (Å²) in [6.07, 6.45) is 5.92. The molecule has 0 radical (unpaired) electrons. The molecule has 2 saturated carbocycles. The van der Waals surface area contributed by atoms with Crippen molar-refractivity contribution in [2.24, 2.45) is 5.73 Å². The fourth-order valence-electron chi connectivity index (χ4n) is 2.86. The fraction of sp³-hybridized carbons (Fsp3) is 0.833. The molecule has 0 aliphatic heterocycles. The second kappa shape index (κ2) is 5.33. The van der Waals surface area contributed by atoms with Gasteiger partial charge in [-0.1, -0.05) is 11.8 Å². The summed E-state index contributed by atoms with van der Waals surface area (Å²) in [7, 11) is 1.81. The van der Waals surface area contributed by atoms with E-state index in [0.717, 1.165) is 43.7 Å². The van der Waals surface area contributed by atoms with Crippen molar-refractivity contribution in [1.82, 2.24) is 25.5 Å². The molecule has 7 nitrogen and oxygen atoms in total. The Morgan fingerprint density at radius 2 is 2.30 bits per heavy atom. The lowest BCUT2D eigenvalue weighted by Gasteiger charge is -2.37. The highest BCUT2D eigenvalue weighted by atomic mass is 32.2. The Bertz CT molecular complexity index is 502. The lowest BCUT2D eigenvalue weighted by molar-refractivity contribution is -0.125. The third-order valence-corrected chi connectivity index (χ3v) is 5.50. The Morgan fingerprint density at radius 3 is 2.95 bits per heavy atom. The maximum atomic E-state index is 11.7. The minimum absolute atomic E-state index is 0.257. The number of nitrogens with one attached hydrogen (secondary N) is 1. The van der Waals surface area contributed by atoms with Gasteiger partial charge in [0.25, 0.3) is 0 Å². The summed E-state index contributed by atoms with van der Waals surface area (Å²) in [5.74, 6) is -0.257. The van der Waals surface area contributed by atoms with E-state index in [9.17, 15) is 4.79 Å². The standard InChI is InChI=1S/C12H20N6OS/c1-14-12(10(13)19)6-2-3-9(7-12)20-11-15-16-17-18(11)8-4-5-8/h8-9,14H,2-7H2,1H3,(H2,13,19). The van der Waals surface area contributed by atoms with Crippen LogP contribution in [0, 0.1) is 0 Å². The van der Waals surface area contributed by atoms with Gasteiger partial charge < -0.3 is 11.1 Å². The molecule has 0 saturated heterocycles. The van der Waals surface area contributed by atoms with Crippen molar-refractivity contribution < 1.29 is 4.79 Å². The van der Waals surface area contributed by atoms with E-state index in [1.165, 1.54) is 0 Å². The number of rotatable bonds is 5. The number of nitrogens with zero attached hydrogens (tertiary/aromatic N) is 4. The summed E-state index contributed by atoms with van der Waals surface area (Å²) >= 11 is 1.68. The van der Waals surface area contributed by atoms with Crippen molar-refractivity contribution in [3.8, 4) is 0 Å². The topological polar surface area (TPSA) is 98.7 Å². The molecule has 1 aromatic rings. The van der Waals surface area contributed by atoms with E-state index in [-0.39, 0.29) is 5.91 Å². The van der Waals surface area contributed by atoms with Gasteiger partial charge in [-0.05, 0) is 56.0 Å². The number of hydrogen-bond acceptors (Lipinski definition) is 6. The number of amides is 1. The van der Waals surface area contributed by atoms with Crippen LogP contribution in [0.15, 0.2) is 5.16 Å². The molecule has 1 aromatic heterocycles. The van der Waals surface area contributed by atoms with Gasteiger partial charge in [-0.2, -0.15) is 0 Å². The number of likely N-dealkylation sites (N-methyl/N-ethyl adjacent to an activating group) is 1. The minimum atomic E-state index is -0.576. The Hall–Kier alpha value is -1.15. The second-order valence-electron chi connectivity index (χ2n) is 5.67. The lowest BCUT2D eigenvalue weighted by atomic mass is 9.81. The van der Waals surface area contributed by atoms with Gasteiger partial charge in [0.1, 0.15) is 0 Å². The zero-order valence-corrected chi connectivity index (χ0v) is 12.4. The highest BCUT2D eigenvalue weighted by Crippen LogP contribution is 2.41. The first kappa shape index (κ1) is 13.8. The highest BCUT2D eigenvalue weighted by Gasteiger charge is 2.41. The second-order valence-corrected chi connectivity index (χ2v) is 6.94. The van der Waals surface area contributed by atoms with E-state index in [4.69, 9.17) is 5.73 Å². The van der Waals surface area contributed by atoms with E-state index in [1.807, 2.05) is 11.7 Å². The maximum Gasteiger partial charge on any atom is 0.237 e. The largest absolute Gasteiger partial charge is 0.368 e. The summed E-state index contributed by atoms with van der Waals surface area (Å²) in [6.45, 7) is 0. The number of tetrazole rings is 1. The molecule has 3 rings (SSSR count). The van der Waals surface area contributed by atoms with Crippen LogP contribution >= 0.6 is 11.8 Å². The summed E-state index contributed by atoms with van der Waals surface area (Å²) < 4.78 is 1.92. The van der Waals surface area contributed by atoms with Crippen LogP contribution in [-0.4, -0.2) is 44.0 Å². The summed E-state index contributed by atoms with van der Waals surface area (Å²) in [5, 5.41) is 16.3. The number of aromatic nitrogens is 4. The zero-order valence-electron chi connectivity index (χ0n) is 11.6. The molecule has 110 valence electrons. The molecule has 0 aromatic carbocycles. The molecule has 20 heavy (non-hydrogen) atoms. The predicted molar refractivity (Wildman–Crippen MR) is 75.2 cm³/mol. The molecular weight excluding hydrogens is 276 g/mol. The highest BCUT2D eigenvalue weighted by molar-refractivity contribution is 7.99. The Kier molecular flexibility index (Phi) is 3.68. The number of hydrogen-bond donors (Lipinski definition) is 2. The van der Waals surface area contributed by atoms with Crippen molar-refractivity contribution in [3.63, 3.8) is 0 Å². The first-order valence-corrected chi connectivity index (χ1v) is 7.96. The number of nitrogens with two attached hydrogens (primary N) is 1. The van der Waals surface area contributed by atoms with Crippen molar-refractivity contribution >= 4 is 17.7 Å². The van der Waals surface area contributed by atoms with Crippen LogP contribution in [0.2, 0.25) is 0 Å². The number of primary amides is 1. The van der Waals surface area contributed by atoms with Crippen molar-refractivity contribution in [3.05, 3.63) is 0 Å². The normalized spacial score (nSPS) is 30.4. The van der Waals surface area contributed by atoms with Gasteiger partial charge in [0, 0.05) is 5.25 Å². The van der Waals surface area contributed by atoms with E-state index in [1.54, 1.807) is 11.8 Å². The molecule has 2 atom stereocenters.